The van der Waals surface area contributed by atoms with Crippen LogP contribution in [0.15, 0.2) is 30.1 Å². The summed E-state index contributed by atoms with van der Waals surface area (Å²) in [6.45, 7) is 9.43. The summed E-state index contributed by atoms with van der Waals surface area (Å²) in [5.41, 5.74) is 7.88. The van der Waals surface area contributed by atoms with Gasteiger partial charge in [-0.3, -0.25) is 38.5 Å². The van der Waals surface area contributed by atoms with Crippen molar-refractivity contribution in [2.24, 2.45) is 17.5 Å². The molecular formula is C47H76BN7O19. The number of ether oxygens (including phenoxy) is 11. The molecule has 2 rings (SSSR count). The molecule has 1 aliphatic rings. The van der Waals surface area contributed by atoms with E-state index in [9.17, 15) is 33.6 Å². The standard InChI is InChI=1S/C47H76BN7O19/c1-35(2)45(53-40(56)7-11-64-14-10-55-42(58)5-6-43(55)59)46(62)51-30-41(57)52-39-4-3-36(33-74-47(48)63)37(29-39)32-73-34-38(49)31-54(50)9-13-66-16-18-68-20-22-70-24-26-72-28-27-71-25-23-69-21-19-67-17-15-65-12-8-44(60)61/h3-4,29,31,35,45H,5-28,30,32-34,49-50H2,1-2H3,(H,51,62)(H,52,57)(H,53,56)(H,60,61)/b38-31-. The highest BCUT2D eigenvalue weighted by molar-refractivity contribution is 6.55. The van der Waals surface area contributed by atoms with E-state index < -0.39 is 42.1 Å². The van der Waals surface area contributed by atoms with E-state index in [1.54, 1.807) is 32.0 Å². The van der Waals surface area contributed by atoms with Crippen molar-refractivity contribution >= 4 is 54.9 Å². The third-order valence-corrected chi connectivity index (χ3v) is 10.1. The molecule has 0 saturated carbocycles. The second-order valence-corrected chi connectivity index (χ2v) is 16.4. The Hall–Kier alpha value is -5.33. The zero-order valence-electron chi connectivity index (χ0n) is 42.7. The number of carboxylic acids is 1. The molecule has 1 unspecified atom stereocenters. The normalized spacial score (nSPS) is 13.1. The second kappa shape index (κ2) is 41.0. The van der Waals surface area contributed by atoms with E-state index in [1.165, 1.54) is 11.2 Å². The summed E-state index contributed by atoms with van der Waals surface area (Å²) >= 11 is 0. The van der Waals surface area contributed by atoms with Crippen molar-refractivity contribution in [2.45, 2.75) is 58.8 Å². The highest BCUT2D eigenvalue weighted by Gasteiger charge is 2.28. The number of nitrogens with zero attached hydrogens (tertiary/aromatic N) is 2. The molecule has 1 fully saturated rings. The first-order chi connectivity index (χ1) is 35.7. The largest absolute Gasteiger partial charge is 0.481 e. The van der Waals surface area contributed by atoms with Crippen LogP contribution in [0.5, 0.6) is 0 Å². The molecule has 5 amide bonds. The van der Waals surface area contributed by atoms with Gasteiger partial charge < -0.3 is 83.9 Å². The lowest BCUT2D eigenvalue weighted by molar-refractivity contribution is -0.140. The fourth-order valence-electron chi connectivity index (χ4n) is 6.25. The summed E-state index contributed by atoms with van der Waals surface area (Å²) in [5, 5.41) is 17.8. The van der Waals surface area contributed by atoms with Crippen LogP contribution >= 0.6 is 0 Å². The SMILES string of the molecule is [B]C(=O)OCc1ccc(NC(=O)CNC(=O)C(NC(=O)CCOCCN2C(=O)CCC2=O)C(C)C)cc1COC/C(N)=C/N(N)CCOCCOCCOCCOCCOCCOCCOCCOCCC(=O)O. The average Bonchev–Trinajstić information content (AvgIpc) is 3.67. The molecule has 0 aliphatic carbocycles. The van der Waals surface area contributed by atoms with Gasteiger partial charge >= 0.3 is 5.97 Å². The lowest BCUT2D eigenvalue weighted by Crippen LogP contribution is -2.51. The van der Waals surface area contributed by atoms with Crippen molar-refractivity contribution in [3.05, 3.63) is 41.2 Å². The van der Waals surface area contributed by atoms with E-state index in [2.05, 4.69) is 16.0 Å². The lowest BCUT2D eigenvalue weighted by atomic mass is 10.0. The van der Waals surface area contributed by atoms with Crippen LogP contribution < -0.4 is 27.5 Å². The molecular weight excluding hydrogens is 977 g/mol. The van der Waals surface area contributed by atoms with Crippen LogP contribution in [0.1, 0.15) is 50.7 Å². The Morgan fingerprint density at radius 2 is 1.19 bits per heavy atom. The summed E-state index contributed by atoms with van der Waals surface area (Å²) in [7, 11) is 5.17. The van der Waals surface area contributed by atoms with E-state index in [0.717, 1.165) is 4.90 Å². The minimum Gasteiger partial charge on any atom is -0.481 e. The highest BCUT2D eigenvalue weighted by Crippen LogP contribution is 2.19. The van der Waals surface area contributed by atoms with Gasteiger partial charge in [0.05, 0.1) is 164 Å². The van der Waals surface area contributed by atoms with Crippen molar-refractivity contribution in [3.8, 4) is 0 Å². The molecule has 1 aliphatic heterocycles. The van der Waals surface area contributed by atoms with E-state index in [1.807, 2.05) is 0 Å². The predicted molar refractivity (Wildman–Crippen MR) is 264 cm³/mol. The van der Waals surface area contributed by atoms with Gasteiger partial charge in [0.25, 0.3) is 0 Å². The lowest BCUT2D eigenvalue weighted by Gasteiger charge is -2.22. The smallest absolute Gasteiger partial charge is 0.305 e. The van der Waals surface area contributed by atoms with Gasteiger partial charge in [-0.25, -0.2) is 5.84 Å². The average molecular weight is 1050 g/mol. The Balaban J connectivity index is 1.56. The van der Waals surface area contributed by atoms with Crippen LogP contribution in [0.4, 0.5) is 10.5 Å². The molecule has 416 valence electrons. The Bertz CT molecular complexity index is 1830. The Morgan fingerprint density at radius 1 is 0.689 bits per heavy atom. The molecule has 74 heavy (non-hydrogen) atoms. The van der Waals surface area contributed by atoms with Crippen LogP contribution in [0.2, 0.25) is 0 Å². The maximum atomic E-state index is 13.0. The monoisotopic (exact) mass is 1050 g/mol. The first-order valence-electron chi connectivity index (χ1n) is 24.4. The summed E-state index contributed by atoms with van der Waals surface area (Å²) in [6, 6.07) is 3.85. The molecule has 1 saturated heterocycles. The van der Waals surface area contributed by atoms with E-state index in [-0.39, 0.29) is 89.6 Å². The number of likely N-dealkylation sites (tertiary alicyclic amines) is 1. The molecule has 2 radical (unpaired) electrons. The maximum Gasteiger partial charge on any atom is 0.305 e. The second-order valence-electron chi connectivity index (χ2n) is 16.4. The van der Waals surface area contributed by atoms with Crippen LogP contribution in [0.25, 0.3) is 0 Å². The number of hydrogen-bond acceptors (Lipinski definition) is 21. The summed E-state index contributed by atoms with van der Waals surface area (Å²) < 4.78 is 59.6. The number of nitrogens with two attached hydrogens (primary N) is 2. The van der Waals surface area contributed by atoms with Crippen molar-refractivity contribution in [1.82, 2.24) is 20.5 Å². The van der Waals surface area contributed by atoms with Gasteiger partial charge in [-0.05, 0) is 29.2 Å². The zero-order chi connectivity index (χ0) is 54.2. The highest BCUT2D eigenvalue weighted by atomic mass is 16.6. The number of imide groups is 1. The van der Waals surface area contributed by atoms with Crippen molar-refractivity contribution < 1.29 is 90.8 Å². The third kappa shape index (κ3) is 32.8. The molecule has 26 nitrogen and oxygen atoms in total. The maximum absolute atomic E-state index is 13.0. The topological polar surface area (TPSA) is 336 Å². The number of hydrazine groups is 1. The van der Waals surface area contributed by atoms with Crippen molar-refractivity contribution in [2.75, 3.05) is 150 Å². The van der Waals surface area contributed by atoms with E-state index in [0.29, 0.717) is 128 Å². The quantitative estimate of drug-likeness (QED) is 0.0155. The Morgan fingerprint density at radius 3 is 1.70 bits per heavy atom. The number of rotatable bonds is 46. The Labute approximate surface area is 433 Å². The summed E-state index contributed by atoms with van der Waals surface area (Å²) in [6.07, 6.45) is 1.77. The summed E-state index contributed by atoms with van der Waals surface area (Å²) in [5.74, 6) is 1.77. The van der Waals surface area contributed by atoms with Crippen LogP contribution in [-0.2, 0) is 94.1 Å². The third-order valence-electron chi connectivity index (χ3n) is 10.1. The van der Waals surface area contributed by atoms with Gasteiger partial charge in [0.15, 0.2) is 0 Å². The summed E-state index contributed by atoms with van der Waals surface area (Å²) in [4.78, 5) is 84.8. The van der Waals surface area contributed by atoms with Gasteiger partial charge in [0, 0.05) is 31.1 Å². The van der Waals surface area contributed by atoms with E-state index >= 15 is 0 Å². The molecule has 0 spiro atoms. The minimum atomic E-state index is -0.980. The first kappa shape index (κ1) is 64.8. The number of anilines is 1. The molecule has 27 heteroatoms. The molecule has 0 bridgehead atoms. The molecule has 1 aromatic carbocycles. The number of aliphatic carboxylic acids is 1. The number of amides is 5. The molecule has 1 atom stereocenters. The van der Waals surface area contributed by atoms with Crippen LogP contribution in [-0.4, -0.2) is 215 Å². The van der Waals surface area contributed by atoms with Crippen molar-refractivity contribution in [1.29, 1.82) is 0 Å². The number of hydrogen-bond donors (Lipinski definition) is 6. The first-order valence-corrected chi connectivity index (χ1v) is 24.4. The van der Waals surface area contributed by atoms with Gasteiger partial charge in [0.1, 0.15) is 12.6 Å². The predicted octanol–water partition coefficient (Wildman–Crippen LogP) is -0.657. The molecule has 1 heterocycles. The number of carbonyl (C=O) groups is 7. The zero-order valence-corrected chi connectivity index (χ0v) is 42.7. The van der Waals surface area contributed by atoms with Gasteiger partial charge in [-0.2, -0.15) is 0 Å². The fraction of sp³-hybridized carbons (Fsp3) is 0.681. The minimum absolute atomic E-state index is 0.0103. The molecule has 8 N–H and O–H groups in total. The van der Waals surface area contributed by atoms with E-state index in [4.69, 9.17) is 76.6 Å². The van der Waals surface area contributed by atoms with Crippen molar-refractivity contribution in [3.63, 3.8) is 0 Å². The van der Waals surface area contributed by atoms with Gasteiger partial charge in [-0.15, -0.1) is 0 Å². The number of carbonyl (C=O) groups excluding carboxylic acids is 6. The van der Waals surface area contributed by atoms with Gasteiger partial charge in [-0.1, -0.05) is 19.9 Å². The van der Waals surface area contributed by atoms with Gasteiger partial charge in [0.2, 0.25) is 43.3 Å². The Kier molecular flexibility index (Phi) is 35.9. The molecule has 0 aromatic heterocycles. The molecule has 1 aromatic rings. The fourth-order valence-corrected chi connectivity index (χ4v) is 6.25. The number of carboxylic acid groups (broad SMARTS) is 1. The van der Waals surface area contributed by atoms with Crippen LogP contribution in [0, 0.1) is 5.92 Å². The number of nitrogens with one attached hydrogen (secondary N) is 3. The van der Waals surface area contributed by atoms with Crippen LogP contribution in [0.3, 0.4) is 0 Å². The number of benzene rings is 1.